The van der Waals surface area contributed by atoms with Gasteiger partial charge in [-0.15, -0.1) is 0 Å². The minimum Gasteiger partial charge on any atom is -0.445 e. The number of carbonyl (C=O) groups is 1. The number of aliphatic hydroxyl groups is 3. The van der Waals surface area contributed by atoms with Gasteiger partial charge >= 0.3 is 6.09 Å². The maximum atomic E-state index is 11.4. The minimum atomic E-state index is -0.863. The molecule has 0 spiro atoms. The van der Waals surface area contributed by atoms with E-state index in [4.69, 9.17) is 10.5 Å². The molecule has 0 heterocycles. The summed E-state index contributed by atoms with van der Waals surface area (Å²) in [4.78, 5) is 11.4. The van der Waals surface area contributed by atoms with Crippen LogP contribution in [0.15, 0.2) is 48.6 Å². The first-order chi connectivity index (χ1) is 14.8. The van der Waals surface area contributed by atoms with E-state index in [-0.39, 0.29) is 29.6 Å². The second-order valence-electron chi connectivity index (χ2n) is 9.26. The summed E-state index contributed by atoms with van der Waals surface area (Å²) in [5, 5.41) is 30.9. The molecule has 9 atom stereocenters. The van der Waals surface area contributed by atoms with E-state index >= 15 is 0 Å². The highest BCUT2D eigenvalue weighted by molar-refractivity contribution is 5.64. The minimum absolute atomic E-state index is 0.0829. The van der Waals surface area contributed by atoms with Crippen LogP contribution in [-0.2, 0) is 4.74 Å². The molecule has 0 fully saturated rings. The number of carbonyl (C=O) groups excluding carboxylic acids is 1. The van der Waals surface area contributed by atoms with Gasteiger partial charge in [0.05, 0.1) is 18.3 Å². The molecule has 32 heavy (non-hydrogen) atoms. The lowest BCUT2D eigenvalue weighted by molar-refractivity contribution is -0.0266. The fraction of sp³-hybridized carbons (Fsp3) is 0.654. The van der Waals surface area contributed by atoms with Crippen molar-refractivity contribution in [3.05, 3.63) is 48.6 Å². The first-order valence-electron chi connectivity index (χ1n) is 11.5. The van der Waals surface area contributed by atoms with Gasteiger partial charge in [0.25, 0.3) is 0 Å². The van der Waals surface area contributed by atoms with E-state index in [1.807, 2.05) is 59.8 Å². The van der Waals surface area contributed by atoms with Crippen LogP contribution in [0.3, 0.4) is 0 Å². The summed E-state index contributed by atoms with van der Waals surface area (Å²) in [5.74, 6) is -0.736. The van der Waals surface area contributed by atoms with Gasteiger partial charge in [0.2, 0.25) is 0 Å². The topological polar surface area (TPSA) is 113 Å². The monoisotopic (exact) mass is 451 g/mol. The molecule has 0 aliphatic carbocycles. The molecule has 0 bridgehead atoms. The van der Waals surface area contributed by atoms with E-state index in [0.29, 0.717) is 6.42 Å². The first-order valence-corrected chi connectivity index (χ1v) is 11.5. The summed E-state index contributed by atoms with van der Waals surface area (Å²) in [6.45, 7) is 16.9. The summed E-state index contributed by atoms with van der Waals surface area (Å²) in [7, 11) is 0. The maximum Gasteiger partial charge on any atom is 0.404 e. The number of amides is 1. The smallest absolute Gasteiger partial charge is 0.404 e. The molecular weight excluding hydrogens is 406 g/mol. The van der Waals surface area contributed by atoms with Crippen LogP contribution >= 0.6 is 0 Å². The second-order valence-corrected chi connectivity index (χ2v) is 9.26. The molecule has 6 nitrogen and oxygen atoms in total. The summed E-state index contributed by atoms with van der Waals surface area (Å²) in [5.41, 5.74) is 6.33. The van der Waals surface area contributed by atoms with Crippen LogP contribution in [-0.4, -0.2) is 45.8 Å². The van der Waals surface area contributed by atoms with Crippen LogP contribution in [0.25, 0.3) is 0 Å². The Kier molecular flexibility index (Phi) is 14.1. The molecule has 0 aromatic carbocycles. The standard InChI is InChI=1S/C26H45NO5/c1-9-10-11-18(4)25(32-26(27)31)22(8)24(30)20(6)15-16(2)14-19(5)23(29)17(3)12-13-21(7)28/h9-14,17-25,28-30H,1,15H2,2-8H3,(H2,27,31)/b11-10-,13-12-,16-14-. The van der Waals surface area contributed by atoms with Crippen molar-refractivity contribution >= 4 is 6.09 Å². The lowest BCUT2D eigenvalue weighted by Gasteiger charge is -2.33. The third kappa shape index (κ3) is 11.1. The zero-order chi connectivity index (χ0) is 25.0. The van der Waals surface area contributed by atoms with Gasteiger partial charge in [-0.25, -0.2) is 4.79 Å². The quantitative estimate of drug-likeness (QED) is 0.231. The van der Waals surface area contributed by atoms with Crippen LogP contribution in [0.2, 0.25) is 0 Å². The van der Waals surface area contributed by atoms with Gasteiger partial charge in [0.15, 0.2) is 0 Å². The fourth-order valence-corrected chi connectivity index (χ4v) is 4.08. The molecule has 184 valence electrons. The van der Waals surface area contributed by atoms with Gasteiger partial charge in [-0.3, -0.25) is 0 Å². The molecule has 0 rings (SSSR count). The molecule has 5 N–H and O–H groups in total. The van der Waals surface area contributed by atoms with Gasteiger partial charge in [-0.05, 0) is 26.2 Å². The Morgan fingerprint density at radius 2 is 1.53 bits per heavy atom. The van der Waals surface area contributed by atoms with Crippen molar-refractivity contribution in [1.82, 2.24) is 0 Å². The van der Waals surface area contributed by atoms with E-state index in [0.717, 1.165) is 5.57 Å². The molecular formula is C26H45NO5. The number of ether oxygens (including phenoxy) is 1. The van der Waals surface area contributed by atoms with Crippen molar-refractivity contribution < 1.29 is 24.9 Å². The van der Waals surface area contributed by atoms with E-state index in [1.165, 1.54) is 0 Å². The molecule has 0 aromatic heterocycles. The number of primary amides is 1. The van der Waals surface area contributed by atoms with E-state index in [2.05, 4.69) is 6.58 Å². The SMILES string of the molecule is C=C/C=C\C(C)C(OC(N)=O)C(C)C(O)C(C)C/C(C)=C\C(C)C(O)C(C)/C=C\C(C)O. The van der Waals surface area contributed by atoms with Gasteiger partial charge in [-0.2, -0.15) is 0 Å². The highest BCUT2D eigenvalue weighted by Crippen LogP contribution is 2.28. The number of rotatable bonds is 14. The third-order valence-electron chi connectivity index (χ3n) is 5.92. The van der Waals surface area contributed by atoms with E-state index in [9.17, 15) is 20.1 Å². The van der Waals surface area contributed by atoms with Crippen molar-refractivity contribution in [1.29, 1.82) is 0 Å². The molecule has 1 amide bonds. The predicted molar refractivity (Wildman–Crippen MR) is 131 cm³/mol. The van der Waals surface area contributed by atoms with Crippen LogP contribution in [0.4, 0.5) is 4.79 Å². The number of aliphatic hydroxyl groups excluding tert-OH is 3. The Labute approximate surface area is 194 Å². The average molecular weight is 452 g/mol. The Morgan fingerprint density at radius 3 is 2.03 bits per heavy atom. The van der Waals surface area contributed by atoms with Crippen LogP contribution in [0.1, 0.15) is 54.9 Å². The molecule has 0 saturated heterocycles. The van der Waals surface area contributed by atoms with Crippen LogP contribution in [0, 0.1) is 29.6 Å². The number of nitrogens with two attached hydrogens (primary N) is 1. The molecule has 6 heteroatoms. The maximum absolute atomic E-state index is 11.4. The Balaban J connectivity index is 5.21. The number of hydrogen-bond donors (Lipinski definition) is 4. The molecule has 0 aromatic rings. The summed E-state index contributed by atoms with van der Waals surface area (Å²) >= 11 is 0. The predicted octanol–water partition coefficient (Wildman–Crippen LogP) is 4.37. The summed E-state index contributed by atoms with van der Waals surface area (Å²) in [6.07, 6.45) is 8.20. The zero-order valence-corrected chi connectivity index (χ0v) is 20.8. The lowest BCUT2D eigenvalue weighted by Crippen LogP contribution is -2.41. The largest absolute Gasteiger partial charge is 0.445 e. The van der Waals surface area contributed by atoms with Gasteiger partial charge < -0.3 is 25.8 Å². The van der Waals surface area contributed by atoms with Crippen molar-refractivity contribution in [2.75, 3.05) is 0 Å². The molecule has 9 unspecified atom stereocenters. The summed E-state index contributed by atoms with van der Waals surface area (Å²) in [6, 6.07) is 0. The number of hydrogen-bond acceptors (Lipinski definition) is 5. The Bertz CT molecular complexity index is 655. The molecule has 0 aliphatic heterocycles. The van der Waals surface area contributed by atoms with Crippen LogP contribution in [0.5, 0.6) is 0 Å². The van der Waals surface area contributed by atoms with Gasteiger partial charge in [-0.1, -0.05) is 83.2 Å². The second kappa shape index (κ2) is 15.0. The zero-order valence-electron chi connectivity index (χ0n) is 20.8. The van der Waals surface area contributed by atoms with Gasteiger partial charge in [0.1, 0.15) is 6.10 Å². The van der Waals surface area contributed by atoms with Gasteiger partial charge in [0, 0.05) is 23.7 Å². The average Bonchev–Trinajstić information content (AvgIpc) is 2.71. The normalized spacial score (nSPS) is 21.4. The molecule has 0 saturated carbocycles. The molecule has 0 radical (unpaired) electrons. The Hall–Kier alpha value is -1.89. The highest BCUT2D eigenvalue weighted by Gasteiger charge is 2.33. The number of allylic oxidation sites excluding steroid dienone is 3. The Morgan fingerprint density at radius 1 is 0.938 bits per heavy atom. The van der Waals surface area contributed by atoms with Crippen molar-refractivity contribution in [2.24, 2.45) is 35.3 Å². The highest BCUT2D eigenvalue weighted by atomic mass is 16.6. The molecule has 0 aliphatic rings. The summed E-state index contributed by atoms with van der Waals surface area (Å²) < 4.78 is 5.33. The van der Waals surface area contributed by atoms with E-state index in [1.54, 1.807) is 25.2 Å². The van der Waals surface area contributed by atoms with Crippen molar-refractivity contribution in [3.63, 3.8) is 0 Å². The van der Waals surface area contributed by atoms with Crippen molar-refractivity contribution in [2.45, 2.75) is 79.3 Å². The van der Waals surface area contributed by atoms with Crippen molar-refractivity contribution in [3.8, 4) is 0 Å². The van der Waals surface area contributed by atoms with Crippen LogP contribution < -0.4 is 5.73 Å². The lowest BCUT2D eigenvalue weighted by atomic mass is 9.81. The third-order valence-corrected chi connectivity index (χ3v) is 5.92. The first kappa shape index (κ1) is 30.1. The van der Waals surface area contributed by atoms with E-state index < -0.39 is 30.5 Å². The fourth-order valence-electron chi connectivity index (χ4n) is 4.08.